The number of piperidine rings is 1. The highest BCUT2D eigenvalue weighted by molar-refractivity contribution is 6.30. The average Bonchev–Trinajstić information content (AvgIpc) is 2.90. The summed E-state index contributed by atoms with van der Waals surface area (Å²) < 4.78 is 5.34. The number of rotatable bonds is 14. The van der Waals surface area contributed by atoms with Gasteiger partial charge in [0, 0.05) is 38.2 Å². The van der Waals surface area contributed by atoms with Crippen LogP contribution in [0, 0.1) is 17.8 Å². The predicted molar refractivity (Wildman–Crippen MR) is 152 cm³/mol. The van der Waals surface area contributed by atoms with E-state index in [0.717, 1.165) is 69.3 Å². The standard InChI is InChI=1S/C31H51ClN2O2/c1-4-31(17-8-9-19-36-3,27-14-10-16-29(32)22-27)28-15-11-18-34(24-28)30(35)21-26(23-33-2)20-25-12-6-5-7-13-25/h10,14,16,22,25-26,28,33H,4-9,11-13,15,17-21,23-24H2,1-3H3/t26-,28-,31?/m1/s1. The summed E-state index contributed by atoms with van der Waals surface area (Å²) in [5.74, 6) is 2.08. The lowest BCUT2D eigenvalue weighted by Gasteiger charge is -2.46. The van der Waals surface area contributed by atoms with Gasteiger partial charge in [-0.25, -0.2) is 0 Å². The minimum absolute atomic E-state index is 0.0457. The summed E-state index contributed by atoms with van der Waals surface area (Å²) in [4.78, 5) is 15.8. The van der Waals surface area contributed by atoms with Crippen molar-refractivity contribution < 1.29 is 9.53 Å². The number of halogens is 1. The fraction of sp³-hybridized carbons (Fsp3) is 0.774. The Morgan fingerprint density at radius 3 is 2.69 bits per heavy atom. The molecule has 1 N–H and O–H groups in total. The van der Waals surface area contributed by atoms with Crippen LogP contribution >= 0.6 is 11.6 Å². The smallest absolute Gasteiger partial charge is 0.222 e. The van der Waals surface area contributed by atoms with E-state index in [1.807, 2.05) is 13.1 Å². The first kappa shape index (κ1) is 29.5. The molecule has 36 heavy (non-hydrogen) atoms. The largest absolute Gasteiger partial charge is 0.385 e. The molecule has 1 aromatic rings. The Hall–Kier alpha value is -1.10. The van der Waals surface area contributed by atoms with Crippen molar-refractivity contribution >= 4 is 17.5 Å². The number of nitrogens with one attached hydrogen (secondary N) is 1. The number of hydrogen-bond acceptors (Lipinski definition) is 3. The minimum atomic E-state index is 0.0457. The zero-order valence-corrected chi connectivity index (χ0v) is 24.0. The first-order chi connectivity index (χ1) is 17.5. The molecule has 4 nitrogen and oxygen atoms in total. The molecule has 1 unspecified atom stereocenters. The van der Waals surface area contributed by atoms with Gasteiger partial charge in [0.1, 0.15) is 0 Å². The SMILES string of the molecule is CCC(CCCCOC)(c1cccc(Cl)c1)[C@@H]1CCCN(C(=O)C[C@H](CNC)CC2CCCCC2)C1. The highest BCUT2D eigenvalue weighted by atomic mass is 35.5. The molecule has 0 bridgehead atoms. The number of carbonyl (C=O) groups excluding carboxylic acids is 1. The van der Waals surface area contributed by atoms with Crippen LogP contribution < -0.4 is 5.32 Å². The molecule has 1 aromatic carbocycles. The van der Waals surface area contributed by atoms with E-state index in [2.05, 4.69) is 35.3 Å². The Morgan fingerprint density at radius 1 is 1.19 bits per heavy atom. The van der Waals surface area contributed by atoms with Gasteiger partial charge in [-0.15, -0.1) is 0 Å². The third kappa shape index (κ3) is 8.20. The number of hydrogen-bond donors (Lipinski definition) is 1. The zero-order chi connectivity index (χ0) is 25.8. The van der Waals surface area contributed by atoms with Crippen molar-refractivity contribution in [1.29, 1.82) is 0 Å². The Morgan fingerprint density at radius 2 is 2.00 bits per heavy atom. The van der Waals surface area contributed by atoms with E-state index in [9.17, 15) is 4.79 Å². The Balaban J connectivity index is 1.72. The van der Waals surface area contributed by atoms with Crippen molar-refractivity contribution in [2.75, 3.05) is 40.4 Å². The molecule has 2 aliphatic rings. The van der Waals surface area contributed by atoms with Crippen molar-refractivity contribution in [3.8, 4) is 0 Å². The third-order valence-electron chi connectivity index (χ3n) is 9.15. The van der Waals surface area contributed by atoms with E-state index in [4.69, 9.17) is 16.3 Å². The van der Waals surface area contributed by atoms with Gasteiger partial charge >= 0.3 is 0 Å². The van der Waals surface area contributed by atoms with E-state index >= 15 is 0 Å². The summed E-state index contributed by atoms with van der Waals surface area (Å²) in [5.41, 5.74) is 1.39. The molecule has 0 spiro atoms. The first-order valence-electron chi connectivity index (χ1n) is 14.7. The van der Waals surface area contributed by atoms with Crippen molar-refractivity contribution in [1.82, 2.24) is 10.2 Å². The first-order valence-corrected chi connectivity index (χ1v) is 15.1. The molecule has 204 valence electrons. The summed E-state index contributed by atoms with van der Waals surface area (Å²) in [6.07, 6.45) is 15.4. The fourth-order valence-electron chi connectivity index (χ4n) is 7.19. The zero-order valence-electron chi connectivity index (χ0n) is 23.2. The molecular weight excluding hydrogens is 468 g/mol. The molecule has 2 fully saturated rings. The number of nitrogens with zero attached hydrogens (tertiary/aromatic N) is 1. The van der Waals surface area contributed by atoms with Crippen LogP contribution in [0.2, 0.25) is 5.02 Å². The van der Waals surface area contributed by atoms with Gasteiger partial charge in [-0.1, -0.05) is 69.2 Å². The van der Waals surface area contributed by atoms with Gasteiger partial charge in [0.2, 0.25) is 5.91 Å². The molecule has 1 heterocycles. The highest BCUT2D eigenvalue weighted by Crippen LogP contribution is 2.45. The van der Waals surface area contributed by atoms with Gasteiger partial charge in [0.15, 0.2) is 0 Å². The van der Waals surface area contributed by atoms with Crippen molar-refractivity contribution in [2.45, 2.75) is 95.8 Å². The molecule has 0 radical (unpaired) electrons. The number of carbonyl (C=O) groups is 1. The maximum Gasteiger partial charge on any atom is 0.222 e. The van der Waals surface area contributed by atoms with Gasteiger partial charge < -0.3 is 15.0 Å². The second-order valence-corrected chi connectivity index (χ2v) is 12.0. The van der Waals surface area contributed by atoms with Crippen LogP contribution in [0.3, 0.4) is 0 Å². The molecule has 1 amide bonds. The quantitative estimate of drug-likeness (QED) is 0.264. The fourth-order valence-corrected chi connectivity index (χ4v) is 7.38. The lowest BCUT2D eigenvalue weighted by molar-refractivity contribution is -0.134. The number of methoxy groups -OCH3 is 1. The summed E-state index contributed by atoms with van der Waals surface area (Å²) in [5, 5.41) is 4.18. The Kier molecular flexibility index (Phi) is 12.6. The van der Waals surface area contributed by atoms with Crippen LogP contribution in [-0.4, -0.2) is 51.2 Å². The van der Waals surface area contributed by atoms with Crippen LogP contribution in [-0.2, 0) is 14.9 Å². The maximum absolute atomic E-state index is 13.6. The van der Waals surface area contributed by atoms with E-state index in [1.54, 1.807) is 7.11 Å². The van der Waals surface area contributed by atoms with E-state index < -0.39 is 0 Å². The summed E-state index contributed by atoms with van der Waals surface area (Å²) in [6.45, 7) is 5.85. The summed E-state index contributed by atoms with van der Waals surface area (Å²) in [6, 6.07) is 8.51. The second kappa shape index (κ2) is 15.3. The lowest BCUT2D eigenvalue weighted by Crippen LogP contribution is -2.48. The van der Waals surface area contributed by atoms with Crippen molar-refractivity contribution in [3.63, 3.8) is 0 Å². The Labute approximate surface area is 225 Å². The third-order valence-corrected chi connectivity index (χ3v) is 9.39. The van der Waals surface area contributed by atoms with Gasteiger partial charge in [-0.3, -0.25) is 4.79 Å². The Bertz CT molecular complexity index is 782. The van der Waals surface area contributed by atoms with Gasteiger partial charge in [0.05, 0.1) is 0 Å². The number of ether oxygens (including phenoxy) is 1. The average molecular weight is 519 g/mol. The van der Waals surface area contributed by atoms with E-state index in [-0.39, 0.29) is 5.41 Å². The number of unbranched alkanes of at least 4 members (excludes halogenated alkanes) is 1. The normalized spacial score (nSPS) is 21.8. The molecule has 0 aromatic heterocycles. The monoisotopic (exact) mass is 518 g/mol. The molecule has 3 atom stereocenters. The number of benzene rings is 1. The summed E-state index contributed by atoms with van der Waals surface area (Å²) >= 11 is 6.49. The van der Waals surface area contributed by atoms with Crippen LogP contribution in [0.25, 0.3) is 0 Å². The van der Waals surface area contributed by atoms with Crippen LogP contribution in [0.4, 0.5) is 0 Å². The predicted octanol–water partition coefficient (Wildman–Crippen LogP) is 7.24. The van der Waals surface area contributed by atoms with Gasteiger partial charge in [-0.2, -0.15) is 0 Å². The van der Waals surface area contributed by atoms with Crippen molar-refractivity contribution in [3.05, 3.63) is 34.9 Å². The summed E-state index contributed by atoms with van der Waals surface area (Å²) in [7, 11) is 3.81. The molecule has 5 heteroatoms. The van der Waals surface area contributed by atoms with Crippen LogP contribution in [0.1, 0.15) is 96.0 Å². The number of likely N-dealkylation sites (tertiary alicyclic amines) is 1. The van der Waals surface area contributed by atoms with E-state index in [1.165, 1.54) is 50.5 Å². The van der Waals surface area contributed by atoms with E-state index in [0.29, 0.717) is 24.2 Å². The molecule has 3 rings (SSSR count). The van der Waals surface area contributed by atoms with Crippen molar-refractivity contribution in [2.24, 2.45) is 17.8 Å². The van der Waals surface area contributed by atoms with Gasteiger partial charge in [-0.05, 0) is 93.0 Å². The minimum Gasteiger partial charge on any atom is -0.385 e. The molecule has 1 aliphatic heterocycles. The number of amides is 1. The van der Waals surface area contributed by atoms with Crippen LogP contribution in [0.5, 0.6) is 0 Å². The second-order valence-electron chi connectivity index (χ2n) is 11.5. The highest BCUT2D eigenvalue weighted by Gasteiger charge is 2.41. The molecule has 1 saturated carbocycles. The lowest BCUT2D eigenvalue weighted by atomic mass is 9.63. The topological polar surface area (TPSA) is 41.6 Å². The molecular formula is C31H51ClN2O2. The molecule has 1 aliphatic carbocycles. The van der Waals surface area contributed by atoms with Gasteiger partial charge in [0.25, 0.3) is 0 Å². The molecule has 1 saturated heterocycles. The maximum atomic E-state index is 13.6. The van der Waals surface area contributed by atoms with Crippen LogP contribution in [0.15, 0.2) is 24.3 Å².